The minimum atomic E-state index is 0.576. The van der Waals surface area contributed by atoms with Crippen LogP contribution in [-0.4, -0.2) is 35.1 Å². The van der Waals surface area contributed by atoms with E-state index in [1.807, 2.05) is 23.7 Å². The molecule has 0 saturated carbocycles. The normalized spacial score (nSPS) is 24.3. The average Bonchev–Trinajstić information content (AvgIpc) is 3.26. The Labute approximate surface area is 132 Å². The summed E-state index contributed by atoms with van der Waals surface area (Å²) >= 11 is 1.62. The van der Waals surface area contributed by atoms with Crippen LogP contribution in [0.1, 0.15) is 12.8 Å². The summed E-state index contributed by atoms with van der Waals surface area (Å²) in [6.07, 6.45) is 4.33. The molecule has 5 rings (SSSR count). The van der Waals surface area contributed by atoms with Crippen LogP contribution in [-0.2, 0) is 0 Å². The van der Waals surface area contributed by atoms with Gasteiger partial charge in [0.1, 0.15) is 10.5 Å². The quantitative estimate of drug-likeness (QED) is 0.788. The van der Waals surface area contributed by atoms with Crippen molar-refractivity contribution in [2.45, 2.75) is 24.9 Å². The lowest BCUT2D eigenvalue weighted by molar-refractivity contribution is 0.437. The third-order valence-corrected chi connectivity index (χ3v) is 5.36. The number of oxazole rings is 1. The predicted molar refractivity (Wildman–Crippen MR) is 87.3 cm³/mol. The molecule has 2 fully saturated rings. The summed E-state index contributed by atoms with van der Waals surface area (Å²) in [7, 11) is 0. The van der Waals surface area contributed by atoms with E-state index in [9.17, 15) is 0 Å². The van der Waals surface area contributed by atoms with E-state index in [2.05, 4.69) is 21.3 Å². The summed E-state index contributed by atoms with van der Waals surface area (Å²) in [5.74, 6) is 0. The molecule has 2 aromatic heterocycles. The molecule has 2 atom stereocenters. The molecular weight excluding hydrogens is 296 g/mol. The molecule has 5 nitrogen and oxygen atoms in total. The summed E-state index contributed by atoms with van der Waals surface area (Å²) in [6.45, 7) is 1.96. The van der Waals surface area contributed by atoms with Crippen LogP contribution in [0.15, 0.2) is 34.2 Å². The summed E-state index contributed by atoms with van der Waals surface area (Å²) in [4.78, 5) is 11.4. The monoisotopic (exact) mass is 312 g/mol. The number of piperazine rings is 1. The first-order valence-corrected chi connectivity index (χ1v) is 8.55. The Hall–Kier alpha value is -1.92. The fourth-order valence-corrected chi connectivity index (χ4v) is 4.21. The summed E-state index contributed by atoms with van der Waals surface area (Å²) in [5, 5.41) is 6.60. The number of hydrogen-bond donors (Lipinski definition) is 1. The summed E-state index contributed by atoms with van der Waals surface area (Å²) in [6, 6.07) is 7.98. The van der Waals surface area contributed by atoms with Gasteiger partial charge in [-0.2, -0.15) is 4.98 Å². The fraction of sp³-hybridized carbons (Fsp3) is 0.375. The zero-order chi connectivity index (χ0) is 14.5. The molecule has 0 radical (unpaired) electrons. The average molecular weight is 312 g/mol. The van der Waals surface area contributed by atoms with Crippen LogP contribution < -0.4 is 10.2 Å². The Kier molecular flexibility index (Phi) is 2.75. The molecule has 2 aliphatic rings. The van der Waals surface area contributed by atoms with Crippen molar-refractivity contribution in [1.29, 1.82) is 0 Å². The zero-order valence-corrected chi connectivity index (χ0v) is 12.8. The van der Waals surface area contributed by atoms with Crippen LogP contribution >= 0.6 is 11.3 Å². The number of anilines is 1. The lowest BCUT2D eigenvalue weighted by Crippen LogP contribution is -2.51. The molecule has 2 aliphatic heterocycles. The van der Waals surface area contributed by atoms with Crippen molar-refractivity contribution in [2.75, 3.05) is 18.0 Å². The molecule has 1 N–H and O–H groups in total. The van der Waals surface area contributed by atoms with Crippen molar-refractivity contribution in [1.82, 2.24) is 15.3 Å². The predicted octanol–water partition coefficient (Wildman–Crippen LogP) is 2.89. The van der Waals surface area contributed by atoms with Gasteiger partial charge < -0.3 is 14.6 Å². The van der Waals surface area contributed by atoms with E-state index in [1.54, 1.807) is 11.3 Å². The number of aromatic nitrogens is 2. The number of thiazole rings is 1. The van der Waals surface area contributed by atoms with Gasteiger partial charge in [-0.15, -0.1) is 11.3 Å². The molecule has 6 heteroatoms. The molecule has 1 aromatic carbocycles. The Morgan fingerprint density at radius 1 is 1.23 bits per heavy atom. The highest BCUT2D eigenvalue weighted by atomic mass is 32.1. The van der Waals surface area contributed by atoms with Gasteiger partial charge >= 0.3 is 0 Å². The number of fused-ring (bicyclic) bond motifs is 3. The highest BCUT2D eigenvalue weighted by Crippen LogP contribution is 2.34. The maximum Gasteiger partial charge on any atom is 0.298 e. The first-order chi connectivity index (χ1) is 10.9. The van der Waals surface area contributed by atoms with Gasteiger partial charge in [-0.1, -0.05) is 6.07 Å². The zero-order valence-electron chi connectivity index (χ0n) is 12.0. The molecule has 0 spiro atoms. The largest absolute Gasteiger partial charge is 0.423 e. The molecule has 0 amide bonds. The Morgan fingerprint density at radius 2 is 2.09 bits per heavy atom. The second-order valence-corrected chi connectivity index (χ2v) is 6.92. The van der Waals surface area contributed by atoms with Crippen molar-refractivity contribution in [3.8, 4) is 10.6 Å². The van der Waals surface area contributed by atoms with Gasteiger partial charge in [0.2, 0.25) is 0 Å². The SMILES string of the molecule is c1cc(-c2nccs2)c2oc(N3CC4CCC(C3)N4)nc2c1. The van der Waals surface area contributed by atoms with E-state index in [1.165, 1.54) is 12.8 Å². The third-order valence-electron chi connectivity index (χ3n) is 4.55. The van der Waals surface area contributed by atoms with Crippen molar-refractivity contribution < 1.29 is 4.42 Å². The first-order valence-electron chi connectivity index (χ1n) is 7.67. The molecule has 22 heavy (non-hydrogen) atoms. The van der Waals surface area contributed by atoms with Gasteiger partial charge in [-0.3, -0.25) is 0 Å². The summed E-state index contributed by atoms with van der Waals surface area (Å²) < 4.78 is 6.14. The highest BCUT2D eigenvalue weighted by Gasteiger charge is 2.34. The van der Waals surface area contributed by atoms with Crippen LogP contribution in [0, 0.1) is 0 Å². The van der Waals surface area contributed by atoms with Gasteiger partial charge in [0, 0.05) is 36.8 Å². The Balaban J connectivity index is 1.57. The maximum atomic E-state index is 6.14. The van der Waals surface area contributed by atoms with E-state index >= 15 is 0 Å². The van der Waals surface area contributed by atoms with Crippen LogP contribution in [0.2, 0.25) is 0 Å². The number of nitrogens with one attached hydrogen (secondary N) is 1. The van der Waals surface area contributed by atoms with Crippen LogP contribution in [0.5, 0.6) is 0 Å². The lowest BCUT2D eigenvalue weighted by Gasteiger charge is -2.31. The maximum absolute atomic E-state index is 6.14. The molecule has 4 heterocycles. The Morgan fingerprint density at radius 3 is 2.86 bits per heavy atom. The fourth-order valence-electron chi connectivity index (χ4n) is 3.55. The number of rotatable bonds is 2. The van der Waals surface area contributed by atoms with Gasteiger partial charge in [0.25, 0.3) is 6.01 Å². The minimum absolute atomic E-state index is 0.576. The van der Waals surface area contributed by atoms with E-state index in [0.717, 1.165) is 40.8 Å². The number of para-hydroxylation sites is 1. The van der Waals surface area contributed by atoms with Gasteiger partial charge in [-0.25, -0.2) is 4.98 Å². The highest BCUT2D eigenvalue weighted by molar-refractivity contribution is 7.13. The van der Waals surface area contributed by atoms with Crippen molar-refractivity contribution in [3.63, 3.8) is 0 Å². The number of nitrogens with zero attached hydrogens (tertiary/aromatic N) is 3. The standard InChI is InChI=1S/C16H16N4OS/c1-2-12(15-17-6-7-22-15)14-13(3-1)19-16(21-14)20-8-10-4-5-11(9-20)18-10/h1-3,6-7,10-11,18H,4-5,8-9H2. The minimum Gasteiger partial charge on any atom is -0.423 e. The molecule has 3 aromatic rings. The van der Waals surface area contributed by atoms with Crippen LogP contribution in [0.25, 0.3) is 21.7 Å². The second-order valence-electron chi connectivity index (χ2n) is 6.03. The molecular formula is C16H16N4OS. The molecule has 2 bridgehead atoms. The van der Waals surface area contributed by atoms with Gasteiger partial charge in [-0.05, 0) is 25.0 Å². The van der Waals surface area contributed by atoms with E-state index < -0.39 is 0 Å². The van der Waals surface area contributed by atoms with Gasteiger partial charge in [0.15, 0.2) is 5.58 Å². The molecule has 0 aliphatic carbocycles. The number of benzene rings is 1. The van der Waals surface area contributed by atoms with E-state index in [-0.39, 0.29) is 0 Å². The van der Waals surface area contributed by atoms with E-state index in [4.69, 9.17) is 9.40 Å². The Bertz CT molecular complexity index is 801. The summed E-state index contributed by atoms with van der Waals surface area (Å²) in [5.41, 5.74) is 2.79. The van der Waals surface area contributed by atoms with Crippen molar-refractivity contribution in [3.05, 3.63) is 29.8 Å². The number of hydrogen-bond acceptors (Lipinski definition) is 6. The van der Waals surface area contributed by atoms with Crippen molar-refractivity contribution in [2.24, 2.45) is 0 Å². The molecule has 112 valence electrons. The first kappa shape index (κ1) is 12.6. The smallest absolute Gasteiger partial charge is 0.298 e. The lowest BCUT2D eigenvalue weighted by atomic mass is 10.2. The van der Waals surface area contributed by atoms with Gasteiger partial charge in [0.05, 0.1) is 5.56 Å². The third kappa shape index (κ3) is 1.94. The van der Waals surface area contributed by atoms with Crippen LogP contribution in [0.3, 0.4) is 0 Å². The molecule has 2 saturated heterocycles. The second kappa shape index (κ2) is 4.79. The van der Waals surface area contributed by atoms with Crippen LogP contribution in [0.4, 0.5) is 6.01 Å². The van der Waals surface area contributed by atoms with Crippen molar-refractivity contribution >= 4 is 28.5 Å². The van der Waals surface area contributed by atoms with E-state index in [0.29, 0.717) is 12.1 Å². The molecule has 2 unspecified atom stereocenters. The topological polar surface area (TPSA) is 54.2 Å².